The molecule has 3 rings (SSSR count). The number of benzene rings is 1. The highest BCUT2D eigenvalue weighted by Crippen LogP contribution is 2.39. The number of carbonyl (C=O) groups is 1. The second-order valence-corrected chi connectivity index (χ2v) is 8.80. The lowest BCUT2D eigenvalue weighted by Crippen LogP contribution is -2.70. The van der Waals surface area contributed by atoms with E-state index in [1.807, 2.05) is 20.8 Å². The first kappa shape index (κ1) is 18.7. The number of hydrogen-bond acceptors (Lipinski definition) is 4. The van der Waals surface area contributed by atoms with Gasteiger partial charge in [-0.15, -0.1) is 0 Å². The molecule has 1 saturated carbocycles. The molecule has 0 spiro atoms. The number of alkyl carbamates (subject to hydrolysis) is 1. The van der Waals surface area contributed by atoms with Crippen LogP contribution in [0, 0.1) is 12.8 Å². The first-order valence-electron chi connectivity index (χ1n) is 8.84. The zero-order chi connectivity index (χ0) is 18.2. The average Bonchev–Trinajstić information content (AvgIpc) is 2.91. The van der Waals surface area contributed by atoms with Crippen LogP contribution in [0.5, 0.6) is 0 Å². The number of fused-ring (bicyclic) bond motifs is 1. The highest BCUT2D eigenvalue weighted by atomic mass is 79.9. The summed E-state index contributed by atoms with van der Waals surface area (Å²) < 4.78 is 12.4. The number of carbonyl (C=O) groups excluding carboxylic acids is 1. The van der Waals surface area contributed by atoms with Crippen molar-refractivity contribution in [2.45, 2.75) is 64.4 Å². The van der Waals surface area contributed by atoms with Crippen molar-refractivity contribution in [1.82, 2.24) is 10.6 Å². The Hall–Kier alpha value is -1.11. The third kappa shape index (κ3) is 4.36. The molecule has 138 valence electrons. The van der Waals surface area contributed by atoms with E-state index in [0.29, 0.717) is 5.92 Å². The third-order valence-electron chi connectivity index (χ3n) is 4.83. The molecule has 1 aliphatic heterocycles. The maximum absolute atomic E-state index is 12.1. The van der Waals surface area contributed by atoms with Crippen molar-refractivity contribution in [3.63, 3.8) is 0 Å². The van der Waals surface area contributed by atoms with Crippen LogP contribution in [0.25, 0.3) is 0 Å². The Morgan fingerprint density at radius 2 is 2.12 bits per heavy atom. The zero-order valence-electron chi connectivity index (χ0n) is 15.3. The van der Waals surface area contributed by atoms with E-state index in [1.165, 1.54) is 11.1 Å². The fourth-order valence-corrected chi connectivity index (χ4v) is 3.89. The number of aryl methyl sites for hydroxylation is 1. The fourth-order valence-electron chi connectivity index (χ4n) is 3.64. The minimum atomic E-state index is -0.489. The van der Waals surface area contributed by atoms with Gasteiger partial charge in [-0.25, -0.2) is 4.79 Å². The minimum Gasteiger partial charge on any atom is -0.444 e. The molecule has 1 aromatic rings. The van der Waals surface area contributed by atoms with Crippen LogP contribution < -0.4 is 10.6 Å². The van der Waals surface area contributed by atoms with E-state index in [-0.39, 0.29) is 24.3 Å². The number of nitrogens with one attached hydrogen (secondary N) is 2. The van der Waals surface area contributed by atoms with Gasteiger partial charge in [0.2, 0.25) is 0 Å². The normalized spacial score (nSPS) is 28.2. The van der Waals surface area contributed by atoms with Gasteiger partial charge in [0.25, 0.3) is 0 Å². The quantitative estimate of drug-likeness (QED) is 0.796. The molecule has 1 amide bonds. The summed E-state index contributed by atoms with van der Waals surface area (Å²) in [5, 5.41) is 6.60. The standard InChI is InChI=1S/C19H27BrN2O3/c1-11-9-12(5-6-14(11)20)10-21-16-15(13-7-8-24-17(13)16)22-18(23)25-19(2,3)4/h5-6,9,13,15-17,21H,7-8,10H2,1-4H3,(H,22,23). The van der Waals surface area contributed by atoms with Gasteiger partial charge in [-0.3, -0.25) is 0 Å². The van der Waals surface area contributed by atoms with Crippen LogP contribution >= 0.6 is 15.9 Å². The molecule has 2 N–H and O–H groups in total. The number of amides is 1. The molecule has 0 radical (unpaired) electrons. The predicted octanol–water partition coefficient (Wildman–Crippen LogP) is 3.53. The van der Waals surface area contributed by atoms with Crippen molar-refractivity contribution < 1.29 is 14.3 Å². The van der Waals surface area contributed by atoms with Gasteiger partial charge < -0.3 is 20.1 Å². The maximum atomic E-state index is 12.1. The Morgan fingerprint density at radius 1 is 1.36 bits per heavy atom. The van der Waals surface area contributed by atoms with E-state index in [2.05, 4.69) is 51.7 Å². The Labute approximate surface area is 158 Å². The molecule has 1 saturated heterocycles. The highest BCUT2D eigenvalue weighted by molar-refractivity contribution is 9.10. The first-order valence-corrected chi connectivity index (χ1v) is 9.63. The van der Waals surface area contributed by atoms with Crippen molar-refractivity contribution in [1.29, 1.82) is 0 Å². The van der Waals surface area contributed by atoms with Gasteiger partial charge in [-0.05, 0) is 51.3 Å². The Bertz CT molecular complexity index is 644. The minimum absolute atomic E-state index is 0.0545. The van der Waals surface area contributed by atoms with Crippen LogP contribution in [-0.4, -0.2) is 36.5 Å². The molecule has 0 aromatic heterocycles. The smallest absolute Gasteiger partial charge is 0.407 e. The van der Waals surface area contributed by atoms with Crippen molar-refractivity contribution in [3.05, 3.63) is 33.8 Å². The van der Waals surface area contributed by atoms with Crippen LogP contribution in [-0.2, 0) is 16.0 Å². The van der Waals surface area contributed by atoms with E-state index >= 15 is 0 Å². The zero-order valence-corrected chi connectivity index (χ0v) is 16.9. The van der Waals surface area contributed by atoms with Crippen molar-refractivity contribution in [2.24, 2.45) is 5.92 Å². The molecule has 4 atom stereocenters. The van der Waals surface area contributed by atoms with E-state index in [4.69, 9.17) is 9.47 Å². The van der Waals surface area contributed by atoms with E-state index in [0.717, 1.165) is 24.0 Å². The van der Waals surface area contributed by atoms with Gasteiger partial charge in [0, 0.05) is 23.5 Å². The van der Waals surface area contributed by atoms with Gasteiger partial charge in [-0.2, -0.15) is 0 Å². The van der Waals surface area contributed by atoms with Crippen LogP contribution in [0.15, 0.2) is 22.7 Å². The van der Waals surface area contributed by atoms with Gasteiger partial charge in [0.05, 0.1) is 18.2 Å². The molecule has 5 nitrogen and oxygen atoms in total. The molecule has 6 heteroatoms. The Balaban J connectivity index is 1.60. The topological polar surface area (TPSA) is 59.6 Å². The summed E-state index contributed by atoms with van der Waals surface area (Å²) in [6.07, 6.45) is 0.811. The van der Waals surface area contributed by atoms with Crippen molar-refractivity contribution in [2.75, 3.05) is 6.61 Å². The monoisotopic (exact) mass is 410 g/mol. The van der Waals surface area contributed by atoms with Gasteiger partial charge >= 0.3 is 6.09 Å². The molecule has 1 aliphatic carbocycles. The second kappa shape index (κ2) is 7.25. The maximum Gasteiger partial charge on any atom is 0.407 e. The lowest BCUT2D eigenvalue weighted by molar-refractivity contribution is -0.0344. The molecule has 2 fully saturated rings. The van der Waals surface area contributed by atoms with Gasteiger partial charge in [0.1, 0.15) is 5.60 Å². The highest BCUT2D eigenvalue weighted by Gasteiger charge is 2.54. The lowest BCUT2D eigenvalue weighted by Gasteiger charge is -2.48. The molecule has 0 bridgehead atoms. The number of rotatable bonds is 4. The Morgan fingerprint density at radius 3 is 2.80 bits per heavy atom. The molecule has 1 heterocycles. The van der Waals surface area contributed by atoms with Gasteiger partial charge in [-0.1, -0.05) is 28.1 Å². The van der Waals surface area contributed by atoms with Crippen LogP contribution in [0.3, 0.4) is 0 Å². The largest absolute Gasteiger partial charge is 0.444 e. The lowest BCUT2D eigenvalue weighted by atomic mass is 9.71. The number of hydrogen-bond donors (Lipinski definition) is 2. The molecular weight excluding hydrogens is 384 g/mol. The summed E-state index contributed by atoms with van der Waals surface area (Å²) >= 11 is 3.53. The summed E-state index contributed by atoms with van der Waals surface area (Å²) in [5.74, 6) is 0.372. The first-order chi connectivity index (χ1) is 11.7. The molecule has 4 unspecified atom stereocenters. The third-order valence-corrected chi connectivity index (χ3v) is 5.72. The second-order valence-electron chi connectivity index (χ2n) is 7.95. The summed E-state index contributed by atoms with van der Waals surface area (Å²) in [7, 11) is 0. The molecule has 2 aliphatic rings. The van der Waals surface area contributed by atoms with Crippen molar-refractivity contribution >= 4 is 22.0 Å². The number of ether oxygens (including phenoxy) is 2. The summed E-state index contributed by atoms with van der Waals surface area (Å²) in [6, 6.07) is 6.51. The number of halogens is 1. The summed E-state index contributed by atoms with van der Waals surface area (Å²) in [6.45, 7) is 9.22. The molecular formula is C19H27BrN2O3. The summed E-state index contributed by atoms with van der Waals surface area (Å²) in [4.78, 5) is 12.1. The SMILES string of the molecule is Cc1cc(CNC2C(NC(=O)OC(C)(C)C)C3CCOC32)ccc1Br. The Kier molecular flexibility index (Phi) is 5.42. The van der Waals surface area contributed by atoms with Crippen molar-refractivity contribution in [3.8, 4) is 0 Å². The predicted molar refractivity (Wildman–Crippen MR) is 101 cm³/mol. The van der Waals surface area contributed by atoms with E-state index in [9.17, 15) is 4.79 Å². The van der Waals surface area contributed by atoms with Crippen LogP contribution in [0.4, 0.5) is 4.79 Å². The van der Waals surface area contributed by atoms with Gasteiger partial charge in [0.15, 0.2) is 0 Å². The van der Waals surface area contributed by atoms with Crippen LogP contribution in [0.2, 0.25) is 0 Å². The van der Waals surface area contributed by atoms with Crippen LogP contribution in [0.1, 0.15) is 38.3 Å². The fraction of sp³-hybridized carbons (Fsp3) is 0.632. The van der Waals surface area contributed by atoms with E-state index < -0.39 is 5.60 Å². The average molecular weight is 411 g/mol. The molecule has 25 heavy (non-hydrogen) atoms. The van der Waals surface area contributed by atoms with E-state index in [1.54, 1.807) is 0 Å². The molecule has 1 aromatic carbocycles. The summed E-state index contributed by atoms with van der Waals surface area (Å²) in [5.41, 5.74) is 1.95.